The summed E-state index contributed by atoms with van der Waals surface area (Å²) in [5, 5.41) is 18.2. The van der Waals surface area contributed by atoms with E-state index in [1.54, 1.807) is 38.1 Å². The highest BCUT2D eigenvalue weighted by atomic mass is 19.1. The molecule has 0 saturated heterocycles. The summed E-state index contributed by atoms with van der Waals surface area (Å²) < 4.78 is 14.4. The number of rotatable bonds is 17. The second-order valence-corrected chi connectivity index (χ2v) is 11.3. The van der Waals surface area contributed by atoms with Gasteiger partial charge in [-0.05, 0) is 54.2 Å². The first kappa shape index (κ1) is 38.4. The first-order chi connectivity index (χ1) is 22.6. The SMILES string of the molecule is CC(=O)NC(CCCN=C(N)N)C(=O)NC(C(=O)NC(Cc1ccc(N=C(N)N)cc1)C(=O)NCc1ccc(C(=N)N)c(F)c1)C(C)C. The molecule has 0 bridgehead atoms. The van der Waals surface area contributed by atoms with Crippen molar-refractivity contribution in [1.29, 1.82) is 5.41 Å². The second kappa shape index (κ2) is 18.4. The smallest absolute Gasteiger partial charge is 0.243 e. The number of carbonyl (C=O) groups excluding carboxylic acids is 4. The molecule has 17 heteroatoms. The van der Waals surface area contributed by atoms with E-state index >= 15 is 0 Å². The summed E-state index contributed by atoms with van der Waals surface area (Å²) in [4.78, 5) is 60.0. The number of hydrogen-bond donors (Lipinski definition) is 10. The minimum atomic E-state index is -1.13. The van der Waals surface area contributed by atoms with E-state index < -0.39 is 59.3 Å². The van der Waals surface area contributed by atoms with Gasteiger partial charge in [-0.1, -0.05) is 32.0 Å². The third-order valence-corrected chi connectivity index (χ3v) is 6.94. The summed E-state index contributed by atoms with van der Waals surface area (Å²) in [6, 6.07) is 7.47. The number of guanidine groups is 2. The van der Waals surface area contributed by atoms with Crippen LogP contribution in [-0.2, 0) is 32.1 Å². The highest BCUT2D eigenvalue weighted by Gasteiger charge is 2.31. The average molecular weight is 669 g/mol. The third-order valence-electron chi connectivity index (χ3n) is 6.94. The molecule has 0 aromatic heterocycles. The molecule has 15 N–H and O–H groups in total. The summed E-state index contributed by atoms with van der Waals surface area (Å²) in [5.74, 6) is -4.07. The van der Waals surface area contributed by atoms with Gasteiger partial charge in [-0.2, -0.15) is 0 Å². The van der Waals surface area contributed by atoms with Crippen molar-refractivity contribution in [1.82, 2.24) is 21.3 Å². The maximum absolute atomic E-state index is 14.4. The Kier molecular flexibility index (Phi) is 14.8. The van der Waals surface area contributed by atoms with Crippen molar-refractivity contribution >= 4 is 47.1 Å². The first-order valence-electron chi connectivity index (χ1n) is 15.1. The van der Waals surface area contributed by atoms with Crippen LogP contribution in [0.4, 0.5) is 10.1 Å². The van der Waals surface area contributed by atoms with Gasteiger partial charge in [0.25, 0.3) is 0 Å². The second-order valence-electron chi connectivity index (χ2n) is 11.3. The van der Waals surface area contributed by atoms with Crippen LogP contribution in [0.2, 0.25) is 0 Å². The highest BCUT2D eigenvalue weighted by molar-refractivity contribution is 5.95. The van der Waals surface area contributed by atoms with E-state index in [1.165, 1.54) is 19.1 Å². The Balaban J connectivity index is 2.28. The summed E-state index contributed by atoms with van der Waals surface area (Å²) >= 11 is 0. The van der Waals surface area contributed by atoms with Crippen LogP contribution in [0.1, 0.15) is 50.3 Å². The summed E-state index contributed by atoms with van der Waals surface area (Å²) in [6.45, 7) is 4.84. The van der Waals surface area contributed by atoms with Crippen LogP contribution in [0.15, 0.2) is 52.4 Å². The average Bonchev–Trinajstić information content (AvgIpc) is 2.99. The Labute approximate surface area is 278 Å². The van der Waals surface area contributed by atoms with Gasteiger partial charge in [-0.3, -0.25) is 29.6 Å². The van der Waals surface area contributed by atoms with Crippen molar-refractivity contribution < 1.29 is 23.6 Å². The molecule has 3 atom stereocenters. The Bertz CT molecular complexity index is 1520. The van der Waals surface area contributed by atoms with E-state index in [2.05, 4.69) is 31.3 Å². The lowest BCUT2D eigenvalue weighted by Gasteiger charge is -2.27. The van der Waals surface area contributed by atoms with Crippen molar-refractivity contribution in [3.8, 4) is 0 Å². The number of nitrogens with zero attached hydrogens (tertiary/aromatic N) is 2. The van der Waals surface area contributed by atoms with Crippen LogP contribution in [0.5, 0.6) is 0 Å². The van der Waals surface area contributed by atoms with Gasteiger partial charge in [0.15, 0.2) is 11.9 Å². The molecule has 0 saturated carbocycles. The zero-order valence-electron chi connectivity index (χ0n) is 27.2. The Morgan fingerprint density at radius 2 is 1.48 bits per heavy atom. The molecule has 4 amide bonds. The van der Waals surface area contributed by atoms with Gasteiger partial charge >= 0.3 is 0 Å². The zero-order valence-corrected chi connectivity index (χ0v) is 27.2. The van der Waals surface area contributed by atoms with Crippen molar-refractivity contribution in [2.24, 2.45) is 44.6 Å². The number of amides is 4. The van der Waals surface area contributed by atoms with Gasteiger partial charge in [0.05, 0.1) is 11.3 Å². The largest absolute Gasteiger partial charge is 0.384 e. The number of carbonyl (C=O) groups is 4. The minimum absolute atomic E-state index is 0.0371. The predicted octanol–water partition coefficient (Wildman–Crippen LogP) is -0.943. The number of nitrogen functional groups attached to an aromatic ring is 1. The number of benzene rings is 2. The van der Waals surface area contributed by atoms with Crippen LogP contribution in [0.25, 0.3) is 0 Å². The van der Waals surface area contributed by atoms with Crippen LogP contribution >= 0.6 is 0 Å². The maximum atomic E-state index is 14.4. The lowest BCUT2D eigenvalue weighted by molar-refractivity contribution is -0.134. The summed E-state index contributed by atoms with van der Waals surface area (Å²) in [5.41, 5.74) is 28.4. The topological polar surface area (TPSA) is 295 Å². The molecule has 0 aliphatic rings. The molecule has 260 valence electrons. The monoisotopic (exact) mass is 668 g/mol. The van der Waals surface area contributed by atoms with Gasteiger partial charge in [0, 0.05) is 26.4 Å². The maximum Gasteiger partial charge on any atom is 0.243 e. The number of hydrogen-bond acceptors (Lipinski definition) is 7. The third kappa shape index (κ3) is 12.9. The Morgan fingerprint density at radius 3 is 2.02 bits per heavy atom. The standard InChI is InChI=1S/C31H45FN12O4/c1-16(2)25(44-28(47)23(41-17(3)45)5-4-12-39-30(35)36)29(48)43-24(14-18-6-9-20(10-7-18)42-31(37)38)27(46)40-15-19-8-11-21(26(33)34)22(32)13-19/h6-11,13,16,23-25H,4-5,12,14-15H2,1-3H3,(H3,33,34)(H,40,46)(H,41,45)(H,43,48)(H,44,47)(H4,35,36,39)(H4,37,38,42). The molecular formula is C31H45FN12O4. The van der Waals surface area contributed by atoms with Crippen molar-refractivity contribution in [2.45, 2.75) is 64.7 Å². The Hall–Kier alpha value is -5.74. The van der Waals surface area contributed by atoms with E-state index in [0.29, 0.717) is 23.2 Å². The van der Waals surface area contributed by atoms with Crippen molar-refractivity contribution in [2.75, 3.05) is 6.54 Å². The van der Waals surface area contributed by atoms with Crippen LogP contribution in [0, 0.1) is 17.1 Å². The Morgan fingerprint density at radius 1 is 0.833 bits per heavy atom. The fourth-order valence-electron chi connectivity index (χ4n) is 4.57. The fraction of sp³-hybridized carbons (Fsp3) is 0.387. The number of amidine groups is 1. The van der Waals surface area contributed by atoms with E-state index in [9.17, 15) is 23.6 Å². The lowest BCUT2D eigenvalue weighted by atomic mass is 10.00. The molecule has 2 aromatic rings. The fourth-order valence-corrected chi connectivity index (χ4v) is 4.57. The number of aliphatic imine (C=N–C) groups is 2. The quantitative estimate of drug-likeness (QED) is 0.0564. The van der Waals surface area contributed by atoms with Crippen LogP contribution < -0.4 is 49.9 Å². The summed E-state index contributed by atoms with van der Waals surface area (Å²) in [6.07, 6.45) is 0.610. The van der Waals surface area contributed by atoms with E-state index in [-0.39, 0.29) is 43.4 Å². The number of nitrogens with one attached hydrogen (secondary N) is 5. The predicted molar refractivity (Wildman–Crippen MR) is 181 cm³/mol. The lowest BCUT2D eigenvalue weighted by Crippen LogP contribution is -2.58. The van der Waals surface area contributed by atoms with Gasteiger partial charge in [-0.15, -0.1) is 0 Å². The molecule has 3 unspecified atom stereocenters. The molecule has 0 fully saturated rings. The van der Waals surface area contributed by atoms with E-state index in [4.69, 9.17) is 34.1 Å². The molecule has 2 rings (SSSR count). The zero-order chi connectivity index (χ0) is 36.0. The summed E-state index contributed by atoms with van der Waals surface area (Å²) in [7, 11) is 0. The molecule has 0 spiro atoms. The van der Waals surface area contributed by atoms with Crippen molar-refractivity contribution in [3.63, 3.8) is 0 Å². The molecule has 48 heavy (non-hydrogen) atoms. The van der Waals surface area contributed by atoms with Gasteiger partial charge in [0.2, 0.25) is 23.6 Å². The molecule has 0 heterocycles. The van der Waals surface area contributed by atoms with E-state index in [1.807, 2.05) is 0 Å². The molecule has 0 aliphatic carbocycles. The van der Waals surface area contributed by atoms with Crippen LogP contribution in [-0.4, -0.2) is 66.1 Å². The van der Waals surface area contributed by atoms with Gasteiger partial charge in [-0.25, -0.2) is 9.38 Å². The van der Waals surface area contributed by atoms with Gasteiger partial charge < -0.3 is 49.9 Å². The normalized spacial score (nSPS) is 12.5. The molecular weight excluding hydrogens is 623 g/mol. The van der Waals surface area contributed by atoms with Crippen LogP contribution in [0.3, 0.4) is 0 Å². The van der Waals surface area contributed by atoms with Gasteiger partial charge in [0.1, 0.15) is 29.8 Å². The molecule has 0 aliphatic heterocycles. The minimum Gasteiger partial charge on any atom is -0.384 e. The van der Waals surface area contributed by atoms with Crippen molar-refractivity contribution in [3.05, 3.63) is 65.0 Å². The molecule has 2 aromatic carbocycles. The molecule has 0 radical (unpaired) electrons. The highest BCUT2D eigenvalue weighted by Crippen LogP contribution is 2.15. The number of nitrogens with two attached hydrogens (primary N) is 5. The van der Waals surface area contributed by atoms with E-state index in [0.717, 1.165) is 6.07 Å². The number of halogens is 1. The first-order valence-corrected chi connectivity index (χ1v) is 15.1. The molecule has 16 nitrogen and oxygen atoms in total.